The van der Waals surface area contributed by atoms with Crippen LogP contribution in [0.5, 0.6) is 0 Å². The van der Waals surface area contributed by atoms with E-state index in [9.17, 15) is 4.79 Å². The van der Waals surface area contributed by atoms with Gasteiger partial charge in [-0.3, -0.25) is 4.79 Å². The van der Waals surface area contributed by atoms with E-state index >= 15 is 0 Å². The van der Waals surface area contributed by atoms with Gasteiger partial charge in [0.05, 0.1) is 12.2 Å². The molecule has 0 aliphatic rings. The van der Waals surface area contributed by atoms with Crippen LogP contribution in [0.3, 0.4) is 0 Å². The van der Waals surface area contributed by atoms with Crippen molar-refractivity contribution in [2.24, 2.45) is 0 Å². The molecule has 2 rings (SSSR count). The van der Waals surface area contributed by atoms with Crippen molar-refractivity contribution in [3.63, 3.8) is 0 Å². The van der Waals surface area contributed by atoms with Gasteiger partial charge in [0.1, 0.15) is 11.2 Å². The van der Waals surface area contributed by atoms with Crippen LogP contribution in [0.25, 0.3) is 11.0 Å². The third-order valence-corrected chi connectivity index (χ3v) is 2.99. The molecule has 1 atom stereocenters. The summed E-state index contributed by atoms with van der Waals surface area (Å²) in [5, 5.41) is 8.04. The highest BCUT2D eigenvalue weighted by molar-refractivity contribution is 5.73. The van der Waals surface area contributed by atoms with Gasteiger partial charge in [-0.25, -0.2) is 9.67 Å². The van der Waals surface area contributed by atoms with E-state index in [-0.39, 0.29) is 11.6 Å². The quantitative estimate of drug-likeness (QED) is 0.828. The SMILES string of the molecule is C=CC.CCCC(CNC)n1ncc2c(=O)[nH]c(C)nc21. The van der Waals surface area contributed by atoms with Crippen molar-refractivity contribution < 1.29 is 0 Å². The topological polar surface area (TPSA) is 75.6 Å². The van der Waals surface area contributed by atoms with Crippen LogP contribution in [-0.2, 0) is 0 Å². The molecule has 2 heterocycles. The van der Waals surface area contributed by atoms with Crippen molar-refractivity contribution in [1.82, 2.24) is 25.1 Å². The summed E-state index contributed by atoms with van der Waals surface area (Å²) in [6, 6.07) is 0.228. The predicted octanol–water partition coefficient (Wildman–Crippen LogP) is 2.18. The lowest BCUT2D eigenvalue weighted by Crippen LogP contribution is -2.24. The van der Waals surface area contributed by atoms with Crippen LogP contribution in [-0.4, -0.2) is 33.3 Å². The fraction of sp³-hybridized carbons (Fsp3) is 0.533. The molecule has 1 unspecified atom stereocenters. The largest absolute Gasteiger partial charge is 0.318 e. The molecule has 6 heteroatoms. The Bertz CT molecular complexity index is 623. The molecule has 6 nitrogen and oxygen atoms in total. The number of aromatic nitrogens is 4. The van der Waals surface area contributed by atoms with Crippen LogP contribution in [0.1, 0.15) is 38.6 Å². The van der Waals surface area contributed by atoms with Gasteiger partial charge in [0.2, 0.25) is 0 Å². The minimum atomic E-state index is -0.122. The Morgan fingerprint density at radius 3 is 2.81 bits per heavy atom. The fourth-order valence-electron chi connectivity index (χ4n) is 2.19. The first-order valence-electron chi connectivity index (χ1n) is 7.24. The van der Waals surface area contributed by atoms with Gasteiger partial charge in [-0.05, 0) is 27.3 Å². The van der Waals surface area contributed by atoms with Crippen molar-refractivity contribution in [1.29, 1.82) is 0 Å². The van der Waals surface area contributed by atoms with Gasteiger partial charge < -0.3 is 10.3 Å². The van der Waals surface area contributed by atoms with Crippen molar-refractivity contribution in [2.75, 3.05) is 13.6 Å². The maximum Gasteiger partial charge on any atom is 0.262 e. The molecule has 0 aliphatic carbocycles. The molecule has 2 N–H and O–H groups in total. The van der Waals surface area contributed by atoms with E-state index < -0.39 is 0 Å². The number of likely N-dealkylation sites (N-methyl/N-ethyl adjacent to an activating group) is 1. The molecule has 2 aromatic heterocycles. The lowest BCUT2D eigenvalue weighted by molar-refractivity contribution is 0.415. The van der Waals surface area contributed by atoms with E-state index in [0.717, 1.165) is 19.4 Å². The van der Waals surface area contributed by atoms with E-state index in [1.165, 1.54) is 0 Å². The second kappa shape index (κ2) is 8.36. The average Bonchev–Trinajstić information content (AvgIpc) is 2.83. The number of hydrogen-bond donors (Lipinski definition) is 2. The van der Waals surface area contributed by atoms with Crippen LogP contribution >= 0.6 is 0 Å². The highest BCUT2D eigenvalue weighted by atomic mass is 16.1. The van der Waals surface area contributed by atoms with E-state index in [1.807, 2.05) is 18.7 Å². The predicted molar refractivity (Wildman–Crippen MR) is 86.6 cm³/mol. The van der Waals surface area contributed by atoms with Gasteiger partial charge in [0.25, 0.3) is 5.56 Å². The van der Waals surface area contributed by atoms with Crippen LogP contribution in [0.15, 0.2) is 23.6 Å². The molecule has 0 radical (unpaired) electrons. The van der Waals surface area contributed by atoms with Gasteiger partial charge in [-0.2, -0.15) is 5.10 Å². The Hall–Kier alpha value is -1.95. The maximum absolute atomic E-state index is 11.8. The van der Waals surface area contributed by atoms with Gasteiger partial charge in [0.15, 0.2) is 5.65 Å². The highest BCUT2D eigenvalue weighted by Crippen LogP contribution is 2.17. The molecule has 21 heavy (non-hydrogen) atoms. The molecular weight excluding hydrogens is 266 g/mol. The van der Waals surface area contributed by atoms with Gasteiger partial charge in [-0.15, -0.1) is 6.58 Å². The molecule has 2 aromatic rings. The standard InChI is InChI=1S/C12H19N5O.C3H6/c1-4-5-9(6-13-3)17-11-10(7-14-17)12(18)16-8(2)15-11;1-3-2/h7,9,13H,4-6H2,1-3H3,(H,15,16,18);3H,1H2,2H3. The summed E-state index contributed by atoms with van der Waals surface area (Å²) in [6.07, 6.45) is 5.42. The first-order chi connectivity index (χ1) is 10.1. The number of fused-ring (bicyclic) bond motifs is 1. The normalized spacial score (nSPS) is 11.8. The third kappa shape index (κ3) is 4.26. The summed E-state index contributed by atoms with van der Waals surface area (Å²) >= 11 is 0. The van der Waals surface area contributed by atoms with E-state index in [0.29, 0.717) is 16.9 Å². The molecule has 0 saturated carbocycles. The Balaban J connectivity index is 0.000000677. The molecule has 0 fully saturated rings. The average molecular weight is 291 g/mol. The summed E-state index contributed by atoms with van der Waals surface area (Å²) in [7, 11) is 1.92. The van der Waals surface area contributed by atoms with Crippen molar-refractivity contribution in [3.8, 4) is 0 Å². The minimum Gasteiger partial charge on any atom is -0.318 e. The Morgan fingerprint density at radius 2 is 2.24 bits per heavy atom. The monoisotopic (exact) mass is 291 g/mol. The number of aryl methyl sites for hydroxylation is 1. The Kier molecular flexibility index (Phi) is 6.81. The Labute approximate surface area is 125 Å². The zero-order valence-corrected chi connectivity index (χ0v) is 13.3. The molecule has 0 saturated heterocycles. The molecule has 0 amide bonds. The number of nitrogens with one attached hydrogen (secondary N) is 2. The molecular formula is C15H25N5O. The first kappa shape index (κ1) is 17.1. The Morgan fingerprint density at radius 1 is 1.57 bits per heavy atom. The number of rotatable bonds is 5. The second-order valence-electron chi connectivity index (χ2n) is 4.89. The van der Waals surface area contributed by atoms with Gasteiger partial charge in [0, 0.05) is 6.54 Å². The smallest absolute Gasteiger partial charge is 0.262 e. The molecule has 0 aliphatic heterocycles. The second-order valence-corrected chi connectivity index (χ2v) is 4.89. The summed E-state index contributed by atoms with van der Waals surface area (Å²) in [4.78, 5) is 18.9. The summed E-state index contributed by atoms with van der Waals surface area (Å²) in [5.74, 6) is 0.619. The summed E-state index contributed by atoms with van der Waals surface area (Å²) in [5.41, 5.74) is 0.549. The molecule has 116 valence electrons. The van der Waals surface area contributed by atoms with Crippen LogP contribution < -0.4 is 10.9 Å². The first-order valence-corrected chi connectivity index (χ1v) is 7.24. The number of nitrogens with zero attached hydrogens (tertiary/aromatic N) is 3. The maximum atomic E-state index is 11.8. The van der Waals surface area contributed by atoms with E-state index in [1.54, 1.807) is 19.2 Å². The van der Waals surface area contributed by atoms with Crippen molar-refractivity contribution >= 4 is 11.0 Å². The zero-order chi connectivity index (χ0) is 15.8. The van der Waals surface area contributed by atoms with Crippen molar-refractivity contribution in [3.05, 3.63) is 35.0 Å². The fourth-order valence-corrected chi connectivity index (χ4v) is 2.19. The van der Waals surface area contributed by atoms with Crippen LogP contribution in [0.2, 0.25) is 0 Å². The molecule has 0 spiro atoms. The lowest BCUT2D eigenvalue weighted by atomic mass is 10.1. The third-order valence-electron chi connectivity index (χ3n) is 2.99. The van der Waals surface area contributed by atoms with Crippen molar-refractivity contribution in [2.45, 2.75) is 39.7 Å². The van der Waals surface area contributed by atoms with E-state index in [4.69, 9.17) is 0 Å². The number of allylic oxidation sites excluding steroid dienone is 1. The number of hydrogen-bond acceptors (Lipinski definition) is 4. The van der Waals surface area contributed by atoms with Crippen LogP contribution in [0, 0.1) is 6.92 Å². The number of aromatic amines is 1. The zero-order valence-electron chi connectivity index (χ0n) is 13.3. The molecule has 0 aromatic carbocycles. The number of H-pyrrole nitrogens is 1. The van der Waals surface area contributed by atoms with Crippen LogP contribution in [0.4, 0.5) is 0 Å². The minimum absolute atomic E-state index is 0.122. The van der Waals surface area contributed by atoms with E-state index in [2.05, 4.69) is 33.9 Å². The van der Waals surface area contributed by atoms with Gasteiger partial charge in [-0.1, -0.05) is 19.4 Å². The van der Waals surface area contributed by atoms with Gasteiger partial charge >= 0.3 is 0 Å². The summed E-state index contributed by atoms with van der Waals surface area (Å²) in [6.45, 7) is 9.99. The summed E-state index contributed by atoms with van der Waals surface area (Å²) < 4.78 is 1.86. The lowest BCUT2D eigenvalue weighted by Gasteiger charge is -2.16. The highest BCUT2D eigenvalue weighted by Gasteiger charge is 2.16. The molecule has 0 bridgehead atoms.